The summed E-state index contributed by atoms with van der Waals surface area (Å²) in [7, 11) is 1.28. The Morgan fingerprint density at radius 1 is 1.08 bits per heavy atom. The molecule has 0 radical (unpaired) electrons. The van der Waals surface area contributed by atoms with Crippen LogP contribution < -0.4 is 19.8 Å². The highest BCUT2D eigenvalue weighted by Crippen LogP contribution is 2.44. The minimum atomic E-state index is -0.866. The summed E-state index contributed by atoms with van der Waals surface area (Å²) in [5.41, 5.74) is 1.22. The van der Waals surface area contributed by atoms with E-state index in [0.717, 1.165) is 11.3 Å². The van der Waals surface area contributed by atoms with E-state index in [-0.39, 0.29) is 26.8 Å². The van der Waals surface area contributed by atoms with Crippen molar-refractivity contribution in [3.05, 3.63) is 80.1 Å². The Balaban J connectivity index is 1.76. The molecule has 1 atom stereocenters. The number of anilines is 1. The Hall–Kier alpha value is -4.18. The second-order valence-electron chi connectivity index (χ2n) is 8.22. The van der Waals surface area contributed by atoms with Crippen LogP contribution in [-0.2, 0) is 4.74 Å². The molecule has 0 saturated heterocycles. The third-order valence-electron chi connectivity index (χ3n) is 6.02. The lowest BCUT2D eigenvalue weighted by atomic mass is 9.98. The van der Waals surface area contributed by atoms with Crippen LogP contribution in [0.2, 0.25) is 0 Å². The van der Waals surface area contributed by atoms with Crippen LogP contribution in [0.3, 0.4) is 0 Å². The van der Waals surface area contributed by atoms with Gasteiger partial charge in [0.1, 0.15) is 10.5 Å². The first-order valence-corrected chi connectivity index (χ1v) is 12.6. The number of carbonyl (C=O) groups is 2. The molecule has 0 N–H and O–H groups in total. The minimum Gasteiger partial charge on any atom is -0.490 e. The van der Waals surface area contributed by atoms with Crippen molar-refractivity contribution in [3.8, 4) is 11.5 Å². The van der Waals surface area contributed by atoms with Crippen molar-refractivity contribution in [1.29, 1.82) is 0 Å². The molecule has 2 aromatic heterocycles. The lowest BCUT2D eigenvalue weighted by molar-refractivity contribution is 0.0605. The number of para-hydroxylation sites is 1. The van der Waals surface area contributed by atoms with E-state index in [1.165, 1.54) is 12.0 Å². The van der Waals surface area contributed by atoms with Gasteiger partial charge in [0.05, 0.1) is 43.0 Å². The summed E-state index contributed by atoms with van der Waals surface area (Å²) in [6.07, 6.45) is 0. The summed E-state index contributed by atoms with van der Waals surface area (Å²) in [6, 6.07) is 11.2. The number of hydrogen-bond acceptors (Lipinski definition) is 9. The number of ether oxygens (including phenoxy) is 3. The first kappa shape index (κ1) is 24.5. The number of carbonyl (C=O) groups excluding carboxylic acids is 2. The van der Waals surface area contributed by atoms with E-state index >= 15 is 0 Å². The number of aryl methyl sites for hydroxylation is 1. The third-order valence-corrected chi connectivity index (χ3v) is 7.16. The maximum absolute atomic E-state index is 13.8. The smallest absolute Gasteiger partial charge is 0.350 e. The van der Waals surface area contributed by atoms with E-state index in [0.29, 0.717) is 46.9 Å². The average Bonchev–Trinajstić information content (AvgIpc) is 3.42. The molecule has 1 amide bonds. The van der Waals surface area contributed by atoms with Crippen LogP contribution in [0.4, 0.5) is 5.13 Å². The quantitative estimate of drug-likeness (QED) is 0.317. The van der Waals surface area contributed by atoms with Crippen LogP contribution in [0.25, 0.3) is 11.0 Å². The van der Waals surface area contributed by atoms with Gasteiger partial charge in [-0.3, -0.25) is 14.5 Å². The Morgan fingerprint density at radius 2 is 1.81 bits per heavy atom. The molecule has 1 aliphatic rings. The molecular weight excluding hydrogens is 496 g/mol. The molecule has 4 aromatic rings. The molecule has 3 heterocycles. The predicted molar refractivity (Wildman–Crippen MR) is 138 cm³/mol. The first-order chi connectivity index (χ1) is 17.9. The molecule has 1 aliphatic heterocycles. The molecule has 37 heavy (non-hydrogen) atoms. The summed E-state index contributed by atoms with van der Waals surface area (Å²) in [5, 5.41) is 0.608. The lowest BCUT2D eigenvalue weighted by Gasteiger charge is -2.23. The van der Waals surface area contributed by atoms with E-state index in [2.05, 4.69) is 4.98 Å². The average molecular weight is 521 g/mol. The lowest BCUT2D eigenvalue weighted by Crippen LogP contribution is -2.29. The number of nitrogens with zero attached hydrogens (tertiary/aromatic N) is 2. The zero-order chi connectivity index (χ0) is 26.3. The van der Waals surface area contributed by atoms with Crippen molar-refractivity contribution < 1.29 is 28.2 Å². The largest absolute Gasteiger partial charge is 0.490 e. The number of amides is 1. The number of esters is 1. The van der Waals surface area contributed by atoms with Gasteiger partial charge >= 0.3 is 5.97 Å². The molecule has 10 heteroatoms. The zero-order valence-electron chi connectivity index (χ0n) is 20.7. The fraction of sp³-hybridized carbons (Fsp3) is 0.259. The third kappa shape index (κ3) is 4.03. The van der Waals surface area contributed by atoms with Gasteiger partial charge in [0.25, 0.3) is 5.91 Å². The van der Waals surface area contributed by atoms with Gasteiger partial charge in [0.15, 0.2) is 22.1 Å². The number of methoxy groups -OCH3 is 1. The number of rotatable bonds is 7. The summed E-state index contributed by atoms with van der Waals surface area (Å²) < 4.78 is 22.4. The van der Waals surface area contributed by atoms with Gasteiger partial charge in [-0.25, -0.2) is 9.78 Å². The molecule has 0 fully saturated rings. The van der Waals surface area contributed by atoms with Crippen molar-refractivity contribution in [2.75, 3.05) is 25.2 Å². The van der Waals surface area contributed by atoms with Crippen molar-refractivity contribution in [1.82, 2.24) is 4.98 Å². The maximum Gasteiger partial charge on any atom is 0.350 e. The summed E-state index contributed by atoms with van der Waals surface area (Å²) in [6.45, 7) is 6.24. The van der Waals surface area contributed by atoms with Crippen LogP contribution in [0.1, 0.15) is 56.9 Å². The van der Waals surface area contributed by atoms with Gasteiger partial charge in [0, 0.05) is 0 Å². The van der Waals surface area contributed by atoms with Crippen molar-refractivity contribution >= 4 is 39.3 Å². The Kier molecular flexibility index (Phi) is 6.43. The van der Waals surface area contributed by atoms with Crippen LogP contribution in [-0.4, -0.2) is 37.2 Å². The van der Waals surface area contributed by atoms with Crippen molar-refractivity contribution in [2.45, 2.75) is 26.8 Å². The fourth-order valence-corrected chi connectivity index (χ4v) is 5.45. The van der Waals surface area contributed by atoms with Crippen LogP contribution in [0.15, 0.2) is 51.7 Å². The van der Waals surface area contributed by atoms with E-state index in [4.69, 9.17) is 18.6 Å². The molecule has 190 valence electrons. The van der Waals surface area contributed by atoms with Gasteiger partial charge in [-0.05, 0) is 50.6 Å². The Morgan fingerprint density at radius 3 is 2.54 bits per heavy atom. The highest BCUT2D eigenvalue weighted by Gasteiger charge is 2.45. The van der Waals surface area contributed by atoms with Gasteiger partial charge in [-0.1, -0.05) is 29.5 Å². The van der Waals surface area contributed by atoms with Crippen LogP contribution in [0.5, 0.6) is 11.5 Å². The van der Waals surface area contributed by atoms with E-state index in [1.54, 1.807) is 49.4 Å². The number of hydrogen-bond donors (Lipinski definition) is 0. The molecule has 0 saturated carbocycles. The number of fused-ring (bicyclic) bond motifs is 2. The van der Waals surface area contributed by atoms with Crippen LogP contribution in [0, 0.1) is 6.92 Å². The van der Waals surface area contributed by atoms with Gasteiger partial charge in [-0.15, -0.1) is 0 Å². The monoisotopic (exact) mass is 520 g/mol. The zero-order valence-corrected chi connectivity index (χ0v) is 21.5. The second kappa shape index (κ2) is 9.70. The number of benzene rings is 2. The van der Waals surface area contributed by atoms with Crippen LogP contribution >= 0.6 is 11.3 Å². The van der Waals surface area contributed by atoms with Gasteiger partial charge in [-0.2, -0.15) is 0 Å². The number of aromatic nitrogens is 1. The summed E-state index contributed by atoms with van der Waals surface area (Å²) >= 11 is 1.02. The number of thiazole rings is 1. The van der Waals surface area contributed by atoms with E-state index < -0.39 is 17.9 Å². The summed E-state index contributed by atoms with van der Waals surface area (Å²) in [4.78, 5) is 46.0. The molecule has 0 unspecified atom stereocenters. The Bertz CT molecular complexity index is 1590. The highest BCUT2D eigenvalue weighted by atomic mass is 32.1. The van der Waals surface area contributed by atoms with E-state index in [9.17, 15) is 14.4 Å². The van der Waals surface area contributed by atoms with Crippen molar-refractivity contribution in [2.24, 2.45) is 0 Å². The maximum atomic E-state index is 13.8. The van der Waals surface area contributed by atoms with Gasteiger partial charge < -0.3 is 18.6 Å². The second-order valence-corrected chi connectivity index (χ2v) is 9.20. The SMILES string of the molecule is CCOc1ccc([C@H]2c3c(oc4ccccc4c3=O)C(=O)N2c2nc(C)c(C(=O)OC)s2)cc1OCC. The molecule has 0 spiro atoms. The molecule has 9 nitrogen and oxygen atoms in total. The fourth-order valence-electron chi connectivity index (χ4n) is 4.44. The van der Waals surface area contributed by atoms with Crippen molar-refractivity contribution in [3.63, 3.8) is 0 Å². The normalized spacial score (nSPS) is 14.6. The highest BCUT2D eigenvalue weighted by molar-refractivity contribution is 7.17. The predicted octanol–water partition coefficient (Wildman–Crippen LogP) is 4.89. The van der Waals surface area contributed by atoms with Gasteiger partial charge in [0.2, 0.25) is 5.76 Å². The standard InChI is InChI=1S/C27H24N2O7S/c1-5-34-18-12-11-15(13-19(18)35-6-2)21-20-22(30)16-9-7-8-10-17(16)36-23(20)25(31)29(21)27-28-14(3)24(37-27)26(32)33-4/h7-13,21H,5-6H2,1-4H3/t21-/m0/s1. The first-order valence-electron chi connectivity index (χ1n) is 11.7. The molecular formula is C27H24N2O7S. The Labute approximate surface area is 216 Å². The summed E-state index contributed by atoms with van der Waals surface area (Å²) in [5.74, 6) is -0.110. The van der Waals surface area contributed by atoms with E-state index in [1.807, 2.05) is 13.8 Å². The topological polar surface area (TPSA) is 108 Å². The molecule has 2 aromatic carbocycles. The molecule has 0 aliphatic carbocycles. The molecule has 0 bridgehead atoms. The molecule has 5 rings (SSSR count). The minimum absolute atomic E-state index is 0.0620.